The minimum atomic E-state index is -4.24. The number of carbonyl (C=O) groups is 1. The van der Waals surface area contributed by atoms with Crippen LogP contribution >= 0.6 is 7.82 Å². The van der Waals surface area contributed by atoms with Crippen molar-refractivity contribution >= 4 is 13.8 Å². The smallest absolute Gasteiger partial charge is 0.463 e. The highest BCUT2D eigenvalue weighted by molar-refractivity contribution is 7.47. The molecule has 0 aromatic carbocycles. The minimum Gasteiger partial charge on any atom is -0.463 e. The fourth-order valence-corrected chi connectivity index (χ4v) is 3.09. The van der Waals surface area contributed by atoms with Crippen molar-refractivity contribution in [2.75, 3.05) is 26.4 Å². The average Bonchev–Trinajstić information content (AvgIpc) is 2.67. The molecule has 0 spiro atoms. The van der Waals surface area contributed by atoms with E-state index in [4.69, 9.17) is 10.5 Å². The zero-order chi connectivity index (χ0) is 21.1. The van der Waals surface area contributed by atoms with Crippen LogP contribution in [-0.4, -0.2) is 48.4 Å². The summed E-state index contributed by atoms with van der Waals surface area (Å²) < 4.78 is 25.4. The molecule has 0 aliphatic rings. The first-order valence-electron chi connectivity index (χ1n) is 10.2. The number of phosphoric acid groups is 1. The molecule has 0 aliphatic heterocycles. The summed E-state index contributed by atoms with van der Waals surface area (Å²) in [4.78, 5) is 20.9. The molecule has 9 heteroatoms. The van der Waals surface area contributed by atoms with E-state index in [-0.39, 0.29) is 19.8 Å². The van der Waals surface area contributed by atoms with E-state index in [2.05, 4.69) is 28.1 Å². The van der Waals surface area contributed by atoms with Gasteiger partial charge in [0.1, 0.15) is 12.7 Å². The largest absolute Gasteiger partial charge is 0.472 e. The molecule has 28 heavy (non-hydrogen) atoms. The number of nitrogens with two attached hydrogens (primary N) is 1. The zero-order valence-electron chi connectivity index (χ0n) is 17.1. The molecule has 0 fully saturated rings. The van der Waals surface area contributed by atoms with Crippen LogP contribution in [0.4, 0.5) is 0 Å². The monoisotopic (exact) mass is 423 g/mol. The van der Waals surface area contributed by atoms with E-state index >= 15 is 0 Å². The number of hydrogen-bond acceptors (Lipinski definition) is 7. The van der Waals surface area contributed by atoms with Crippen LogP contribution in [0.2, 0.25) is 0 Å². The molecule has 0 rings (SSSR count). The van der Waals surface area contributed by atoms with Gasteiger partial charge in [0.2, 0.25) is 0 Å². The number of carbonyl (C=O) groups excluding carboxylic acids is 1. The highest BCUT2D eigenvalue weighted by atomic mass is 31.2. The Hall–Kier alpha value is -0.760. The van der Waals surface area contributed by atoms with Crippen molar-refractivity contribution in [2.45, 2.75) is 77.2 Å². The van der Waals surface area contributed by atoms with Crippen LogP contribution in [0, 0.1) is 0 Å². The molecule has 166 valence electrons. The van der Waals surface area contributed by atoms with Crippen LogP contribution < -0.4 is 5.73 Å². The summed E-state index contributed by atoms with van der Waals surface area (Å²) in [7, 11) is -4.24. The Kier molecular flexibility index (Phi) is 17.8. The Morgan fingerprint density at radius 1 is 1.04 bits per heavy atom. The summed E-state index contributed by atoms with van der Waals surface area (Å²) in [6.07, 6.45) is 13.5. The van der Waals surface area contributed by atoms with Crippen molar-refractivity contribution in [1.82, 2.24) is 0 Å². The van der Waals surface area contributed by atoms with Gasteiger partial charge in [0.25, 0.3) is 0 Å². The molecule has 0 saturated carbocycles. The number of aliphatic hydroxyl groups is 1. The second-order valence-corrected chi connectivity index (χ2v) is 8.10. The number of rotatable bonds is 19. The van der Waals surface area contributed by atoms with Gasteiger partial charge in [-0.05, 0) is 25.7 Å². The van der Waals surface area contributed by atoms with Crippen LogP contribution in [-0.2, 0) is 23.1 Å². The summed E-state index contributed by atoms with van der Waals surface area (Å²) in [6.45, 7) is 1.37. The van der Waals surface area contributed by atoms with E-state index in [1.54, 1.807) is 0 Å². The van der Waals surface area contributed by atoms with Gasteiger partial charge in [-0.2, -0.15) is 0 Å². The Morgan fingerprint density at radius 3 is 2.36 bits per heavy atom. The molecule has 2 atom stereocenters. The molecule has 0 saturated heterocycles. The van der Waals surface area contributed by atoms with Gasteiger partial charge in [-0.25, -0.2) is 4.57 Å². The van der Waals surface area contributed by atoms with Crippen molar-refractivity contribution < 1.29 is 33.1 Å². The van der Waals surface area contributed by atoms with E-state index in [1.807, 2.05) is 0 Å². The predicted molar refractivity (Wildman–Crippen MR) is 109 cm³/mol. The van der Waals surface area contributed by atoms with E-state index in [0.29, 0.717) is 6.42 Å². The maximum Gasteiger partial charge on any atom is 0.472 e. The average molecular weight is 423 g/mol. The Labute approximate surface area is 169 Å². The first kappa shape index (κ1) is 27.2. The second kappa shape index (κ2) is 18.3. The molecular weight excluding hydrogens is 385 g/mol. The lowest BCUT2D eigenvalue weighted by Gasteiger charge is -2.15. The van der Waals surface area contributed by atoms with Gasteiger partial charge >= 0.3 is 13.8 Å². The van der Waals surface area contributed by atoms with Crippen molar-refractivity contribution in [3.63, 3.8) is 0 Å². The lowest BCUT2D eigenvalue weighted by atomic mass is 10.1. The molecule has 2 unspecified atom stereocenters. The predicted octanol–water partition coefficient (Wildman–Crippen LogP) is 3.46. The van der Waals surface area contributed by atoms with Crippen molar-refractivity contribution in [3.05, 3.63) is 12.2 Å². The lowest BCUT2D eigenvalue weighted by Crippen LogP contribution is -2.23. The van der Waals surface area contributed by atoms with Gasteiger partial charge in [-0.1, -0.05) is 51.2 Å². The summed E-state index contributed by atoms with van der Waals surface area (Å²) in [5, 5.41) is 9.63. The summed E-state index contributed by atoms with van der Waals surface area (Å²) in [6, 6.07) is 0. The first-order chi connectivity index (χ1) is 13.4. The number of aliphatic hydroxyl groups excluding tert-OH is 1. The highest BCUT2D eigenvalue weighted by Crippen LogP contribution is 2.42. The molecule has 0 aliphatic carbocycles. The van der Waals surface area contributed by atoms with E-state index in [9.17, 15) is 19.4 Å². The minimum absolute atomic E-state index is 0.0736. The van der Waals surface area contributed by atoms with Gasteiger partial charge in [0.15, 0.2) is 0 Å². The topological polar surface area (TPSA) is 128 Å². The number of phosphoric ester groups is 1. The van der Waals surface area contributed by atoms with E-state index < -0.39 is 26.5 Å². The summed E-state index contributed by atoms with van der Waals surface area (Å²) in [5.74, 6) is -0.399. The number of hydrogen-bond donors (Lipinski definition) is 3. The third kappa shape index (κ3) is 18.6. The third-order valence-electron chi connectivity index (χ3n) is 3.88. The fourth-order valence-electron chi connectivity index (χ4n) is 2.31. The third-order valence-corrected chi connectivity index (χ3v) is 4.87. The van der Waals surface area contributed by atoms with Gasteiger partial charge in [-0.15, -0.1) is 0 Å². The standard InChI is InChI=1S/C19H38NO7P/c1-2-3-4-5-6-7-8-9-10-11-12-13-19(22)25-16-18(21)17-27-28(23,24)26-15-14-20/h5-6,18,21H,2-4,7-17,20H2,1H3,(H,23,24). The van der Waals surface area contributed by atoms with Crippen LogP contribution in [0.3, 0.4) is 0 Å². The molecule has 0 aromatic rings. The maximum atomic E-state index is 11.6. The Morgan fingerprint density at radius 2 is 1.68 bits per heavy atom. The second-order valence-electron chi connectivity index (χ2n) is 6.64. The van der Waals surface area contributed by atoms with E-state index in [0.717, 1.165) is 32.1 Å². The van der Waals surface area contributed by atoms with Gasteiger partial charge in [-0.3, -0.25) is 13.8 Å². The normalized spacial score (nSPS) is 14.9. The van der Waals surface area contributed by atoms with Gasteiger partial charge in [0, 0.05) is 13.0 Å². The Balaban J connectivity index is 3.56. The molecule has 0 aromatic heterocycles. The van der Waals surface area contributed by atoms with E-state index in [1.165, 1.54) is 25.7 Å². The number of unbranched alkanes of at least 4 members (excludes halogenated alkanes) is 7. The number of ether oxygens (including phenoxy) is 1. The van der Waals surface area contributed by atoms with Crippen LogP contribution in [0.5, 0.6) is 0 Å². The quantitative estimate of drug-likeness (QED) is 0.125. The number of esters is 1. The van der Waals surface area contributed by atoms with Crippen LogP contribution in [0.15, 0.2) is 12.2 Å². The molecule has 4 N–H and O–H groups in total. The SMILES string of the molecule is CCCCC=CCCCCCCCC(=O)OCC(O)COP(=O)(O)OCCN. The molecular formula is C19H38NO7P. The zero-order valence-corrected chi connectivity index (χ0v) is 18.0. The van der Waals surface area contributed by atoms with Crippen molar-refractivity contribution in [2.24, 2.45) is 5.73 Å². The fraction of sp³-hybridized carbons (Fsp3) is 0.842. The van der Waals surface area contributed by atoms with Crippen LogP contribution in [0.25, 0.3) is 0 Å². The maximum absolute atomic E-state index is 11.6. The summed E-state index contributed by atoms with van der Waals surface area (Å²) in [5.41, 5.74) is 5.15. The molecule has 0 radical (unpaired) electrons. The molecule has 0 amide bonds. The molecule has 0 bridgehead atoms. The van der Waals surface area contributed by atoms with Gasteiger partial charge in [0.05, 0.1) is 13.2 Å². The lowest BCUT2D eigenvalue weighted by molar-refractivity contribution is -0.147. The van der Waals surface area contributed by atoms with Crippen LogP contribution in [0.1, 0.15) is 71.1 Å². The highest BCUT2D eigenvalue weighted by Gasteiger charge is 2.22. The first-order valence-corrected chi connectivity index (χ1v) is 11.7. The van der Waals surface area contributed by atoms with Crippen molar-refractivity contribution in [3.8, 4) is 0 Å². The number of allylic oxidation sites excluding steroid dienone is 2. The molecule has 0 heterocycles. The Bertz CT molecular complexity index is 460. The van der Waals surface area contributed by atoms with Gasteiger partial charge < -0.3 is 20.5 Å². The molecule has 8 nitrogen and oxygen atoms in total. The summed E-state index contributed by atoms with van der Waals surface area (Å²) >= 11 is 0. The van der Waals surface area contributed by atoms with Crippen molar-refractivity contribution in [1.29, 1.82) is 0 Å².